The van der Waals surface area contributed by atoms with Crippen LogP contribution in [-0.4, -0.2) is 52.9 Å². The van der Waals surface area contributed by atoms with Gasteiger partial charge in [0.05, 0.1) is 17.5 Å². The number of esters is 2. The molecule has 1 aromatic rings. The second-order valence-corrected chi connectivity index (χ2v) is 9.59. The van der Waals surface area contributed by atoms with Gasteiger partial charge in [-0.3, -0.25) is 4.79 Å². The van der Waals surface area contributed by atoms with Gasteiger partial charge in [0.15, 0.2) is 0 Å². The van der Waals surface area contributed by atoms with E-state index in [1.54, 1.807) is 6.07 Å². The van der Waals surface area contributed by atoms with Gasteiger partial charge in [-0.2, -0.15) is 0 Å². The van der Waals surface area contributed by atoms with Gasteiger partial charge < -0.3 is 25.0 Å². The molecule has 3 N–H and O–H groups in total. The molecule has 0 radical (unpaired) electrons. The standard InChI is InChI=1S/C25H37NO7S/c1-3-5-6-7-8-9-10-11-16-25(32-21(28)14-15-22(29)33-25)24(31)20-13-12-19(34-20)23(30)18(17-27)26-4-2/h12-15,18,23,26-27,30H,3-11,16-17H2,1-2H3. The number of ether oxygens (including phenoxy) is 2. The van der Waals surface area contributed by atoms with Crippen LogP contribution in [0, 0.1) is 0 Å². The van der Waals surface area contributed by atoms with E-state index in [1.807, 2.05) is 6.92 Å². The number of hydrogen-bond donors (Lipinski definition) is 3. The lowest BCUT2D eigenvalue weighted by Crippen LogP contribution is -2.46. The lowest BCUT2D eigenvalue weighted by Gasteiger charge is -2.29. The first-order valence-corrected chi connectivity index (χ1v) is 13.0. The zero-order chi connectivity index (χ0) is 25.0. The number of cyclic esters (lactones) is 2. The molecule has 0 bridgehead atoms. The number of aliphatic hydroxyl groups excluding tert-OH is 2. The molecule has 2 heterocycles. The molecule has 2 atom stereocenters. The maximum Gasteiger partial charge on any atom is 0.334 e. The maximum absolute atomic E-state index is 13.5. The number of carbonyl (C=O) groups is 3. The van der Waals surface area contributed by atoms with Crippen LogP contribution in [0.4, 0.5) is 0 Å². The molecule has 2 unspecified atom stereocenters. The van der Waals surface area contributed by atoms with E-state index in [4.69, 9.17) is 9.47 Å². The van der Waals surface area contributed by atoms with Crippen molar-refractivity contribution in [3.05, 3.63) is 34.0 Å². The van der Waals surface area contributed by atoms with Gasteiger partial charge in [-0.15, -0.1) is 11.3 Å². The number of likely N-dealkylation sites (N-methyl/N-ethyl adjacent to an activating group) is 1. The predicted molar refractivity (Wildman–Crippen MR) is 129 cm³/mol. The van der Waals surface area contributed by atoms with Crippen LogP contribution in [0.25, 0.3) is 0 Å². The van der Waals surface area contributed by atoms with Crippen molar-refractivity contribution in [3.63, 3.8) is 0 Å². The van der Waals surface area contributed by atoms with Crippen molar-refractivity contribution in [2.45, 2.75) is 89.6 Å². The highest BCUT2D eigenvalue weighted by molar-refractivity contribution is 7.14. The second-order valence-electron chi connectivity index (χ2n) is 8.48. The third kappa shape index (κ3) is 8.01. The number of nitrogens with one attached hydrogen (secondary N) is 1. The normalized spacial score (nSPS) is 17.1. The van der Waals surface area contributed by atoms with E-state index in [2.05, 4.69) is 12.2 Å². The zero-order valence-corrected chi connectivity index (χ0v) is 20.9. The van der Waals surface area contributed by atoms with Crippen LogP contribution in [0.15, 0.2) is 24.3 Å². The average Bonchev–Trinajstić information content (AvgIpc) is 3.26. The number of thiophene rings is 1. The predicted octanol–water partition coefficient (Wildman–Crippen LogP) is 3.82. The van der Waals surface area contributed by atoms with E-state index in [0.717, 1.165) is 49.2 Å². The van der Waals surface area contributed by atoms with Gasteiger partial charge in [-0.05, 0) is 25.1 Å². The average molecular weight is 496 g/mol. The van der Waals surface area contributed by atoms with Crippen LogP contribution in [0.3, 0.4) is 0 Å². The highest BCUT2D eigenvalue weighted by Crippen LogP contribution is 2.34. The Morgan fingerprint density at radius 3 is 2.15 bits per heavy atom. The van der Waals surface area contributed by atoms with Crippen molar-refractivity contribution >= 4 is 29.1 Å². The molecule has 8 nitrogen and oxygen atoms in total. The first-order chi connectivity index (χ1) is 16.4. The van der Waals surface area contributed by atoms with Crippen molar-refractivity contribution < 1.29 is 34.1 Å². The first-order valence-electron chi connectivity index (χ1n) is 12.2. The summed E-state index contributed by atoms with van der Waals surface area (Å²) < 4.78 is 10.8. The molecule has 1 aliphatic rings. The van der Waals surface area contributed by atoms with Crippen molar-refractivity contribution in [3.8, 4) is 0 Å². The van der Waals surface area contributed by atoms with Gasteiger partial charge in [0, 0.05) is 23.5 Å². The van der Waals surface area contributed by atoms with E-state index in [9.17, 15) is 24.6 Å². The Balaban J connectivity index is 2.13. The molecule has 1 aliphatic heterocycles. The van der Waals surface area contributed by atoms with Crippen molar-refractivity contribution in [2.75, 3.05) is 13.2 Å². The van der Waals surface area contributed by atoms with Gasteiger partial charge in [-0.25, -0.2) is 9.59 Å². The molecule has 1 aromatic heterocycles. The summed E-state index contributed by atoms with van der Waals surface area (Å²) >= 11 is 1.02. The molecular formula is C25H37NO7S. The molecule has 0 saturated heterocycles. The number of aliphatic hydroxyl groups is 2. The molecule has 9 heteroatoms. The quantitative estimate of drug-likeness (QED) is 0.180. The summed E-state index contributed by atoms with van der Waals surface area (Å²) in [4.78, 5) is 38.5. The van der Waals surface area contributed by atoms with Crippen LogP contribution in [0.1, 0.15) is 92.3 Å². The summed E-state index contributed by atoms with van der Waals surface area (Å²) in [5, 5.41) is 23.1. The maximum atomic E-state index is 13.5. The third-order valence-electron chi connectivity index (χ3n) is 5.78. The molecule has 0 aromatic carbocycles. The first kappa shape index (κ1) is 28.2. The Morgan fingerprint density at radius 1 is 1.00 bits per heavy atom. The van der Waals surface area contributed by atoms with Crippen molar-refractivity contribution in [1.82, 2.24) is 5.32 Å². The van der Waals surface area contributed by atoms with E-state index in [1.165, 1.54) is 25.3 Å². The fourth-order valence-corrected chi connectivity index (χ4v) is 4.97. The lowest BCUT2D eigenvalue weighted by atomic mass is 10.00. The molecule has 0 saturated carbocycles. The molecular weight excluding hydrogens is 458 g/mol. The Labute approximate surface area is 205 Å². The van der Waals surface area contributed by atoms with Gasteiger partial charge in [0.25, 0.3) is 5.78 Å². The minimum absolute atomic E-state index is 0.0619. The summed E-state index contributed by atoms with van der Waals surface area (Å²) in [6.07, 6.45) is 9.16. The smallest absolute Gasteiger partial charge is 0.334 e. The fourth-order valence-electron chi connectivity index (χ4n) is 3.91. The summed E-state index contributed by atoms with van der Waals surface area (Å²) in [5.74, 6) is -4.30. The number of ketones is 1. The number of hydrogen-bond acceptors (Lipinski definition) is 9. The minimum Gasteiger partial charge on any atom is -0.411 e. The molecule has 0 spiro atoms. The van der Waals surface area contributed by atoms with Crippen LogP contribution in [-0.2, 0) is 19.1 Å². The molecule has 0 aliphatic carbocycles. The largest absolute Gasteiger partial charge is 0.411 e. The summed E-state index contributed by atoms with van der Waals surface area (Å²) in [6, 6.07) is 2.52. The highest BCUT2D eigenvalue weighted by Gasteiger charge is 2.48. The van der Waals surface area contributed by atoms with Crippen LogP contribution in [0.2, 0.25) is 0 Å². The van der Waals surface area contributed by atoms with E-state index < -0.39 is 35.7 Å². The number of carbonyl (C=O) groups excluding carboxylic acids is 3. The van der Waals surface area contributed by atoms with Crippen LogP contribution in [0.5, 0.6) is 0 Å². The topological polar surface area (TPSA) is 122 Å². The summed E-state index contributed by atoms with van der Waals surface area (Å²) in [7, 11) is 0. The van der Waals surface area contributed by atoms with Gasteiger partial charge in [0.2, 0.25) is 0 Å². The van der Waals surface area contributed by atoms with Gasteiger partial charge in [0.1, 0.15) is 6.10 Å². The number of rotatable bonds is 16. The third-order valence-corrected chi connectivity index (χ3v) is 6.93. The van der Waals surface area contributed by atoms with Crippen LogP contribution >= 0.6 is 11.3 Å². The fraction of sp³-hybridized carbons (Fsp3) is 0.640. The number of unbranched alkanes of at least 4 members (excludes halogenated alkanes) is 7. The van der Waals surface area contributed by atoms with Gasteiger partial charge >= 0.3 is 17.7 Å². The van der Waals surface area contributed by atoms with Crippen molar-refractivity contribution in [2.24, 2.45) is 0 Å². The van der Waals surface area contributed by atoms with Crippen LogP contribution < -0.4 is 5.32 Å². The molecule has 190 valence electrons. The Hall–Kier alpha value is -2.07. The monoisotopic (exact) mass is 495 g/mol. The summed E-state index contributed by atoms with van der Waals surface area (Å²) in [6.45, 7) is 4.31. The van der Waals surface area contributed by atoms with E-state index in [-0.39, 0.29) is 17.9 Å². The lowest BCUT2D eigenvalue weighted by molar-refractivity contribution is -0.203. The summed E-state index contributed by atoms with van der Waals surface area (Å²) in [5.41, 5.74) is 0. The Morgan fingerprint density at radius 2 is 1.59 bits per heavy atom. The molecule has 0 amide bonds. The molecule has 0 fully saturated rings. The van der Waals surface area contributed by atoms with E-state index in [0.29, 0.717) is 17.8 Å². The van der Waals surface area contributed by atoms with Crippen molar-refractivity contribution in [1.29, 1.82) is 0 Å². The molecule has 2 rings (SSSR count). The molecule has 34 heavy (non-hydrogen) atoms. The zero-order valence-electron chi connectivity index (χ0n) is 20.1. The Kier molecular flexibility index (Phi) is 11.9. The van der Waals surface area contributed by atoms with E-state index >= 15 is 0 Å². The highest BCUT2D eigenvalue weighted by atomic mass is 32.1. The number of Topliss-reactive ketones (excluding diaryl/α,β-unsaturated/α-hetero) is 1. The minimum atomic E-state index is -2.04. The second kappa shape index (κ2) is 14.4. The SMILES string of the molecule is CCCCCCCCCCC1(C(=O)c2ccc(C(O)C(CO)NCC)s2)OC(=O)C=CC(=O)O1. The van der Waals surface area contributed by atoms with Gasteiger partial charge in [-0.1, -0.05) is 58.8 Å². The Bertz CT molecular complexity index is 815.